The fourth-order valence-electron chi connectivity index (χ4n) is 5.99. The molecule has 2 atom stereocenters. The molecule has 1 saturated heterocycles. The Hall–Kier alpha value is -3.43. The van der Waals surface area contributed by atoms with E-state index in [-0.39, 0.29) is 17.9 Å². The number of fused-ring (bicyclic) bond motifs is 1. The molecule has 1 aliphatic carbocycles. The Morgan fingerprint density at radius 2 is 1.82 bits per heavy atom. The molecule has 0 radical (unpaired) electrons. The summed E-state index contributed by atoms with van der Waals surface area (Å²) in [5.74, 6) is 1.40. The van der Waals surface area contributed by atoms with Gasteiger partial charge in [-0.1, -0.05) is 37.6 Å². The second kappa shape index (κ2) is 10.2. The summed E-state index contributed by atoms with van der Waals surface area (Å²) in [5, 5.41) is 10.3. The maximum atomic E-state index is 14.3. The van der Waals surface area contributed by atoms with Gasteiger partial charge in [-0.25, -0.2) is 4.98 Å². The molecular weight excluding hydrogens is 526 g/mol. The Bertz CT molecular complexity index is 1520. The highest BCUT2D eigenvalue weighted by Gasteiger charge is 2.64. The summed E-state index contributed by atoms with van der Waals surface area (Å²) >= 11 is 6.21. The molecule has 40 heavy (non-hydrogen) atoms. The fraction of sp³-hybridized carbons (Fsp3) is 0.467. The molecule has 3 aromatic heterocycles. The van der Waals surface area contributed by atoms with Crippen LogP contribution in [0.5, 0.6) is 0 Å². The number of nitrogens with zero attached hydrogens (tertiary/aromatic N) is 6. The van der Waals surface area contributed by atoms with Crippen molar-refractivity contribution in [3.05, 3.63) is 59.2 Å². The number of aromatic nitrogens is 4. The first-order chi connectivity index (χ1) is 19.2. The quantitative estimate of drug-likeness (QED) is 0.336. The Balaban J connectivity index is 1.27. The van der Waals surface area contributed by atoms with Crippen LogP contribution in [0.25, 0.3) is 22.5 Å². The van der Waals surface area contributed by atoms with Crippen molar-refractivity contribution in [3.8, 4) is 11.5 Å². The molecule has 1 aliphatic heterocycles. The topological polar surface area (TPSA) is 94.4 Å². The van der Waals surface area contributed by atoms with Gasteiger partial charge in [0.15, 0.2) is 0 Å². The summed E-state index contributed by atoms with van der Waals surface area (Å²) in [6.07, 6.45) is 4.51. The number of likely N-dealkylation sites (N-methyl/N-ethyl adjacent to an activating group) is 1. The van der Waals surface area contributed by atoms with E-state index in [0.29, 0.717) is 49.0 Å². The van der Waals surface area contributed by atoms with Crippen molar-refractivity contribution >= 4 is 34.2 Å². The Morgan fingerprint density at radius 3 is 2.48 bits per heavy atom. The lowest BCUT2D eigenvalue weighted by Gasteiger charge is -2.39. The number of benzene rings is 1. The van der Waals surface area contributed by atoms with Crippen LogP contribution >= 0.6 is 11.6 Å². The molecule has 1 saturated carbocycles. The summed E-state index contributed by atoms with van der Waals surface area (Å²) < 4.78 is 6.03. The van der Waals surface area contributed by atoms with E-state index >= 15 is 0 Å². The predicted octanol–water partition coefficient (Wildman–Crippen LogP) is 5.09. The Kier molecular flexibility index (Phi) is 6.82. The van der Waals surface area contributed by atoms with Crippen LogP contribution in [0, 0.1) is 0 Å². The largest absolute Gasteiger partial charge is 0.420 e. The van der Waals surface area contributed by atoms with Crippen molar-refractivity contribution in [2.24, 2.45) is 0 Å². The van der Waals surface area contributed by atoms with Crippen molar-refractivity contribution < 1.29 is 9.21 Å². The average Bonchev–Trinajstić information content (AvgIpc) is 3.26. The number of carbonyl (C=O) groups is 1. The lowest BCUT2D eigenvalue weighted by atomic mass is 9.92. The van der Waals surface area contributed by atoms with E-state index < -0.39 is 5.41 Å². The molecule has 10 heteroatoms. The highest BCUT2D eigenvalue weighted by Crippen LogP contribution is 2.53. The van der Waals surface area contributed by atoms with Gasteiger partial charge in [-0.3, -0.25) is 9.69 Å². The first-order valence-corrected chi connectivity index (χ1v) is 14.4. The summed E-state index contributed by atoms with van der Waals surface area (Å²) in [5.41, 5.74) is 3.13. The molecule has 2 fully saturated rings. The van der Waals surface area contributed by atoms with Gasteiger partial charge in [0.25, 0.3) is 5.89 Å². The average molecular weight is 562 g/mol. The first kappa shape index (κ1) is 26.8. The van der Waals surface area contributed by atoms with Gasteiger partial charge in [0, 0.05) is 67.0 Å². The van der Waals surface area contributed by atoms with Gasteiger partial charge in [0.05, 0.1) is 16.7 Å². The Morgan fingerprint density at radius 1 is 1.10 bits per heavy atom. The summed E-state index contributed by atoms with van der Waals surface area (Å²) in [7, 11) is 2.12. The third-order valence-corrected chi connectivity index (χ3v) is 8.83. The van der Waals surface area contributed by atoms with E-state index in [1.165, 1.54) is 0 Å². The van der Waals surface area contributed by atoms with E-state index in [9.17, 15) is 4.79 Å². The van der Waals surface area contributed by atoms with Crippen LogP contribution in [0.15, 0.2) is 47.1 Å². The van der Waals surface area contributed by atoms with Gasteiger partial charge in [0.1, 0.15) is 5.65 Å². The zero-order chi connectivity index (χ0) is 28.2. The van der Waals surface area contributed by atoms with Crippen LogP contribution < -0.4 is 4.90 Å². The molecule has 2 aliphatic rings. The summed E-state index contributed by atoms with van der Waals surface area (Å²) in [6.45, 7) is 11.0. The molecule has 1 N–H and O–H groups in total. The van der Waals surface area contributed by atoms with Gasteiger partial charge in [-0.05, 0) is 51.1 Å². The standard InChI is InChI=1S/C30H36ClN7O2/c1-18(2)27-34-35-28(40-27)23-17-33-26-22(10-11-32-26)25(23)37-12-14-38(15-13-37)29(39)30(16-24(30)36(5)19(3)4)20-6-8-21(31)9-7-20/h6-11,17-19,24H,12-16H2,1-5H3,(H,32,33)/t24-,30?/m1/s1. The highest BCUT2D eigenvalue weighted by atomic mass is 35.5. The third kappa shape index (κ3) is 4.45. The predicted molar refractivity (Wildman–Crippen MR) is 157 cm³/mol. The van der Waals surface area contributed by atoms with E-state index in [1.807, 2.05) is 55.3 Å². The monoisotopic (exact) mass is 561 g/mol. The van der Waals surface area contributed by atoms with E-state index in [4.69, 9.17) is 16.0 Å². The van der Waals surface area contributed by atoms with Gasteiger partial charge >= 0.3 is 0 Å². The maximum absolute atomic E-state index is 14.3. The number of hydrogen-bond donors (Lipinski definition) is 1. The zero-order valence-corrected chi connectivity index (χ0v) is 24.4. The second-order valence-corrected chi connectivity index (χ2v) is 12.0. The van der Waals surface area contributed by atoms with Gasteiger partial charge in [0.2, 0.25) is 11.8 Å². The highest BCUT2D eigenvalue weighted by molar-refractivity contribution is 6.30. The summed E-state index contributed by atoms with van der Waals surface area (Å²) in [4.78, 5) is 28.8. The number of nitrogens with one attached hydrogen (secondary N) is 1. The first-order valence-electron chi connectivity index (χ1n) is 14.0. The van der Waals surface area contributed by atoms with Crippen molar-refractivity contribution in [2.75, 3.05) is 38.1 Å². The SMILES string of the molecule is CC(C)c1nnc(-c2cnc3[nH]ccc3c2N2CCN(C(=O)C3(c4ccc(Cl)cc4)C[C@H]3N(C)C(C)C)CC2)o1. The number of pyridine rings is 1. The van der Waals surface area contributed by atoms with Crippen LogP contribution in [0.4, 0.5) is 5.69 Å². The minimum atomic E-state index is -0.543. The molecule has 0 spiro atoms. The van der Waals surface area contributed by atoms with Crippen LogP contribution in [0.2, 0.25) is 5.02 Å². The minimum absolute atomic E-state index is 0.136. The van der Waals surface area contributed by atoms with Crippen LogP contribution in [-0.2, 0) is 10.2 Å². The lowest BCUT2D eigenvalue weighted by molar-refractivity contribution is -0.134. The van der Waals surface area contributed by atoms with Crippen molar-refractivity contribution in [1.82, 2.24) is 30.0 Å². The van der Waals surface area contributed by atoms with E-state index in [2.05, 4.69) is 50.9 Å². The lowest BCUT2D eigenvalue weighted by Crippen LogP contribution is -2.53. The Labute approximate surface area is 239 Å². The van der Waals surface area contributed by atoms with Crippen LogP contribution in [0.3, 0.4) is 0 Å². The van der Waals surface area contributed by atoms with Gasteiger partial charge in [-0.15, -0.1) is 10.2 Å². The molecule has 4 heterocycles. The number of piperazine rings is 1. The molecule has 4 aromatic rings. The molecule has 1 unspecified atom stereocenters. The molecule has 1 aromatic carbocycles. The molecular formula is C30H36ClN7O2. The van der Waals surface area contributed by atoms with Crippen LogP contribution in [-0.4, -0.2) is 81.2 Å². The number of amides is 1. The number of rotatable bonds is 7. The van der Waals surface area contributed by atoms with Crippen molar-refractivity contribution in [2.45, 2.75) is 57.5 Å². The van der Waals surface area contributed by atoms with Crippen molar-refractivity contribution in [1.29, 1.82) is 0 Å². The fourth-order valence-corrected chi connectivity index (χ4v) is 6.12. The minimum Gasteiger partial charge on any atom is -0.420 e. The van der Waals surface area contributed by atoms with E-state index in [1.54, 1.807) is 6.20 Å². The second-order valence-electron chi connectivity index (χ2n) is 11.6. The number of anilines is 1. The normalized spacial score (nSPS) is 21.3. The molecule has 1 amide bonds. The molecule has 9 nitrogen and oxygen atoms in total. The summed E-state index contributed by atoms with van der Waals surface area (Å²) in [6, 6.07) is 10.4. The van der Waals surface area contributed by atoms with E-state index in [0.717, 1.165) is 34.3 Å². The number of aromatic amines is 1. The number of halogens is 1. The zero-order valence-electron chi connectivity index (χ0n) is 23.7. The van der Waals surface area contributed by atoms with Gasteiger partial charge in [-0.2, -0.15) is 0 Å². The smallest absolute Gasteiger partial charge is 0.251 e. The third-order valence-electron chi connectivity index (χ3n) is 8.58. The van der Waals surface area contributed by atoms with Crippen LogP contribution in [0.1, 0.15) is 51.5 Å². The molecule has 210 valence electrons. The number of H-pyrrole nitrogens is 1. The van der Waals surface area contributed by atoms with Crippen molar-refractivity contribution in [3.63, 3.8) is 0 Å². The van der Waals surface area contributed by atoms with Gasteiger partial charge < -0.3 is 19.2 Å². The number of carbonyl (C=O) groups excluding carboxylic acids is 1. The maximum Gasteiger partial charge on any atom is 0.251 e. The molecule has 0 bridgehead atoms. The molecule has 6 rings (SSSR count). The number of hydrogen-bond acceptors (Lipinski definition) is 7.